The van der Waals surface area contributed by atoms with Crippen molar-refractivity contribution in [1.29, 1.82) is 0 Å². The van der Waals surface area contributed by atoms with Crippen molar-refractivity contribution in [3.05, 3.63) is 12.7 Å². The fourth-order valence-corrected chi connectivity index (χ4v) is 0.622. The third-order valence-electron chi connectivity index (χ3n) is 0.372. The van der Waals surface area contributed by atoms with Crippen LogP contribution in [0.5, 0.6) is 0 Å². The van der Waals surface area contributed by atoms with Gasteiger partial charge in [0.2, 0.25) is 10.4 Å². The molecule has 0 aliphatic rings. The van der Waals surface area contributed by atoms with Crippen molar-refractivity contribution in [2.75, 3.05) is 0 Å². The zero-order valence-electron chi connectivity index (χ0n) is 8.47. The van der Waals surface area contributed by atoms with E-state index in [-0.39, 0.29) is 25.0 Å². The van der Waals surface area contributed by atoms with Crippen molar-refractivity contribution >= 4 is 26.8 Å². The van der Waals surface area contributed by atoms with Crippen molar-refractivity contribution in [1.82, 2.24) is 6.15 Å². The topological polar surface area (TPSA) is 202 Å². The van der Waals surface area contributed by atoms with Gasteiger partial charge in [0, 0.05) is 6.08 Å². The Bertz CT molecular complexity index is 379. The summed E-state index contributed by atoms with van der Waals surface area (Å²) in [4.78, 5) is 9.25. The third-order valence-corrected chi connectivity index (χ3v) is 0.933. The number of hydrogen-bond donors (Lipinski definition) is 3. The summed E-state index contributed by atoms with van der Waals surface area (Å²) < 4.78 is 60.2. The standard InChI is InChI=1S/C3H4O2.Li.H3N.H2O8S2/c1-2-3(4)5;;;1-9(2,3)7-8-10(4,5)6/h2H,1H2,(H,4,5);;1H3;(H,1,2,3)(H,4,5,6)/q;+1;;/p-1. The van der Waals surface area contributed by atoms with Gasteiger partial charge in [-0.3, -0.25) is 4.55 Å². The molecular formula is C3H8LiNO10S2. The summed E-state index contributed by atoms with van der Waals surface area (Å²) in [7, 11) is -10.3. The molecule has 0 saturated carbocycles. The summed E-state index contributed by atoms with van der Waals surface area (Å²) in [5, 5.41) is 7.60. The van der Waals surface area contributed by atoms with E-state index in [9.17, 15) is 26.2 Å². The Hall–Kier alpha value is -0.493. The summed E-state index contributed by atoms with van der Waals surface area (Å²) in [5.74, 6) is -0.981. The van der Waals surface area contributed by atoms with E-state index in [1.807, 2.05) is 0 Å². The molecule has 0 aromatic heterocycles. The molecule has 0 heterocycles. The maximum absolute atomic E-state index is 9.48. The first kappa shape index (κ1) is 25.4. The molecule has 0 unspecified atom stereocenters. The molecule has 0 amide bonds. The normalized spacial score (nSPS) is 9.76. The summed E-state index contributed by atoms with van der Waals surface area (Å²) in [6, 6.07) is 0. The van der Waals surface area contributed by atoms with Crippen LogP contribution in [-0.2, 0) is 34.3 Å². The summed E-state index contributed by atoms with van der Waals surface area (Å²) in [6.45, 7) is 2.96. The molecular weight excluding hydrogens is 281 g/mol. The van der Waals surface area contributed by atoms with Gasteiger partial charge in [0.05, 0.1) is 0 Å². The van der Waals surface area contributed by atoms with E-state index in [0.717, 1.165) is 6.08 Å². The number of carboxylic acids is 1. The van der Waals surface area contributed by atoms with Gasteiger partial charge in [0.25, 0.3) is 0 Å². The molecule has 0 saturated heterocycles. The minimum Gasteiger partial charge on any atom is -0.724 e. The Morgan fingerprint density at radius 2 is 1.53 bits per heavy atom. The Labute approximate surface area is 109 Å². The molecule has 0 aliphatic heterocycles. The predicted molar refractivity (Wildman–Crippen MR) is 46.3 cm³/mol. The molecule has 0 atom stereocenters. The number of rotatable bonds is 4. The molecule has 0 fully saturated rings. The van der Waals surface area contributed by atoms with Gasteiger partial charge in [-0.2, -0.15) is 8.42 Å². The summed E-state index contributed by atoms with van der Waals surface area (Å²) >= 11 is 0. The second kappa shape index (κ2) is 10.6. The van der Waals surface area contributed by atoms with Crippen LogP contribution in [-0.4, -0.2) is 37.0 Å². The van der Waals surface area contributed by atoms with Gasteiger partial charge >= 0.3 is 35.2 Å². The molecule has 14 heteroatoms. The van der Waals surface area contributed by atoms with Crippen molar-refractivity contribution < 1.29 is 63.4 Å². The van der Waals surface area contributed by atoms with Crippen LogP contribution < -0.4 is 25.0 Å². The monoisotopic (exact) mass is 289 g/mol. The fourth-order valence-electron chi connectivity index (χ4n) is 0.0691. The summed E-state index contributed by atoms with van der Waals surface area (Å²) in [6.07, 6.45) is 0.833. The van der Waals surface area contributed by atoms with Crippen LogP contribution in [0.4, 0.5) is 0 Å². The SMILES string of the molecule is C=CC(=O)O.N.O=S(=O)([O-])OOS(=O)(=O)O.[Li+]. The van der Waals surface area contributed by atoms with Crippen LogP contribution >= 0.6 is 0 Å². The quantitative estimate of drug-likeness (QED) is 0.112. The molecule has 0 aliphatic carbocycles. The van der Waals surface area contributed by atoms with Crippen LogP contribution in [0, 0.1) is 0 Å². The van der Waals surface area contributed by atoms with Gasteiger partial charge in [-0.1, -0.05) is 15.2 Å². The molecule has 5 N–H and O–H groups in total. The maximum atomic E-state index is 9.48. The van der Waals surface area contributed by atoms with E-state index >= 15 is 0 Å². The molecule has 98 valence electrons. The first-order chi connectivity index (χ1) is 6.48. The second-order valence-corrected chi connectivity index (χ2v) is 3.46. The van der Waals surface area contributed by atoms with Gasteiger partial charge in [-0.05, 0) is 0 Å². The molecule has 0 aromatic carbocycles. The van der Waals surface area contributed by atoms with Gasteiger partial charge in [-0.25, -0.2) is 13.2 Å². The number of carboxylic acid groups (broad SMARTS) is 1. The van der Waals surface area contributed by atoms with Crippen LogP contribution in [0.1, 0.15) is 0 Å². The van der Waals surface area contributed by atoms with Gasteiger partial charge < -0.3 is 15.8 Å². The van der Waals surface area contributed by atoms with E-state index in [1.54, 1.807) is 0 Å². The number of carbonyl (C=O) groups is 1. The largest absolute Gasteiger partial charge is 1.00 e. The van der Waals surface area contributed by atoms with Crippen LogP contribution in [0.3, 0.4) is 0 Å². The first-order valence-electron chi connectivity index (χ1n) is 2.64. The molecule has 0 rings (SSSR count). The zero-order valence-corrected chi connectivity index (χ0v) is 10.1. The minimum atomic E-state index is -5.27. The van der Waals surface area contributed by atoms with E-state index in [0.29, 0.717) is 0 Å². The van der Waals surface area contributed by atoms with Crippen molar-refractivity contribution in [2.24, 2.45) is 0 Å². The summed E-state index contributed by atoms with van der Waals surface area (Å²) in [5.41, 5.74) is 0. The molecule has 17 heavy (non-hydrogen) atoms. The van der Waals surface area contributed by atoms with Crippen molar-refractivity contribution in [3.8, 4) is 0 Å². The van der Waals surface area contributed by atoms with E-state index < -0.39 is 26.8 Å². The second-order valence-electron chi connectivity index (χ2n) is 1.51. The Morgan fingerprint density at radius 3 is 1.59 bits per heavy atom. The number of hydrogen-bond acceptors (Lipinski definition) is 9. The fraction of sp³-hybridized carbons (Fsp3) is 0. The smallest absolute Gasteiger partial charge is 0.724 e. The minimum absolute atomic E-state index is 0. The molecule has 0 aromatic rings. The van der Waals surface area contributed by atoms with Gasteiger partial charge in [0.15, 0.2) is 0 Å². The Kier molecular flexibility index (Phi) is 15.9. The average Bonchev–Trinajstić information content (AvgIpc) is 2.00. The molecule has 11 nitrogen and oxygen atoms in total. The van der Waals surface area contributed by atoms with Crippen molar-refractivity contribution in [2.45, 2.75) is 0 Å². The average molecular weight is 289 g/mol. The first-order valence-corrected chi connectivity index (χ1v) is 5.34. The van der Waals surface area contributed by atoms with E-state index in [4.69, 9.17) is 9.66 Å². The van der Waals surface area contributed by atoms with Crippen LogP contribution in [0.25, 0.3) is 0 Å². The molecule has 0 spiro atoms. The predicted octanol–water partition coefficient (Wildman–Crippen LogP) is -4.38. The third kappa shape index (κ3) is 39.1. The van der Waals surface area contributed by atoms with Crippen LogP contribution in [0.2, 0.25) is 0 Å². The molecule has 0 bridgehead atoms. The Morgan fingerprint density at radius 1 is 1.24 bits per heavy atom. The van der Waals surface area contributed by atoms with E-state index in [1.165, 1.54) is 0 Å². The van der Waals surface area contributed by atoms with Crippen molar-refractivity contribution in [3.63, 3.8) is 0 Å². The molecule has 0 radical (unpaired) electrons. The number of aliphatic carboxylic acids is 1. The maximum Gasteiger partial charge on any atom is 1.00 e. The van der Waals surface area contributed by atoms with Gasteiger partial charge in [0.1, 0.15) is 0 Å². The van der Waals surface area contributed by atoms with Crippen LogP contribution in [0.15, 0.2) is 12.7 Å². The zero-order chi connectivity index (χ0) is 12.7. The Balaban J connectivity index is -0.000000105. The van der Waals surface area contributed by atoms with E-state index in [2.05, 4.69) is 15.2 Å². The van der Waals surface area contributed by atoms with Gasteiger partial charge in [-0.15, -0.1) is 0 Å².